The lowest BCUT2D eigenvalue weighted by molar-refractivity contribution is 0.650. The highest BCUT2D eigenvalue weighted by molar-refractivity contribution is 4.50. The fourth-order valence-electron chi connectivity index (χ4n) is 0.306. The Kier molecular flexibility index (Phi) is 3.08. The maximum Gasteiger partial charge on any atom is 0.0309 e. The quantitative estimate of drug-likeness (QED) is 0.500. The van der Waals surface area contributed by atoms with Gasteiger partial charge in [0, 0.05) is 12.6 Å². The van der Waals surface area contributed by atoms with Gasteiger partial charge in [-0.2, -0.15) is 0 Å². The standard InChI is InChI=1S/C4H11N2/c1-4(5)3-6-2/h4-6H,3H2,1-2H3. The van der Waals surface area contributed by atoms with E-state index in [4.69, 9.17) is 5.73 Å². The van der Waals surface area contributed by atoms with Gasteiger partial charge in [0.15, 0.2) is 0 Å². The zero-order valence-electron chi connectivity index (χ0n) is 4.28. The molecule has 0 fully saturated rings. The van der Waals surface area contributed by atoms with Gasteiger partial charge in [0.25, 0.3) is 0 Å². The van der Waals surface area contributed by atoms with Crippen LogP contribution in [0, 0.1) is 0 Å². The summed E-state index contributed by atoms with van der Waals surface area (Å²) < 4.78 is 0. The molecule has 0 aliphatic heterocycles. The summed E-state index contributed by atoms with van der Waals surface area (Å²) in [5.41, 5.74) is 6.92. The van der Waals surface area contributed by atoms with Gasteiger partial charge < -0.3 is 5.32 Å². The first-order valence-electron chi connectivity index (χ1n) is 2.13. The molecule has 0 aliphatic rings. The van der Waals surface area contributed by atoms with Crippen molar-refractivity contribution in [1.82, 2.24) is 11.1 Å². The van der Waals surface area contributed by atoms with Gasteiger partial charge >= 0.3 is 0 Å². The van der Waals surface area contributed by atoms with Crippen LogP contribution in [0.5, 0.6) is 0 Å². The largest absolute Gasteiger partial charge is 0.318 e. The van der Waals surface area contributed by atoms with Gasteiger partial charge in [-0.1, -0.05) is 0 Å². The highest BCUT2D eigenvalue weighted by atomic mass is 14.8. The molecule has 1 radical (unpaired) electrons. The van der Waals surface area contributed by atoms with E-state index in [2.05, 4.69) is 5.32 Å². The van der Waals surface area contributed by atoms with Crippen molar-refractivity contribution in [1.29, 1.82) is 0 Å². The lowest BCUT2D eigenvalue weighted by atomic mass is 10.4. The van der Waals surface area contributed by atoms with Crippen molar-refractivity contribution in [2.24, 2.45) is 0 Å². The van der Waals surface area contributed by atoms with Gasteiger partial charge in [0.05, 0.1) is 0 Å². The fraction of sp³-hybridized carbons (Fsp3) is 1.00. The minimum atomic E-state index is 0.0370. The van der Waals surface area contributed by atoms with E-state index in [0.29, 0.717) is 0 Å². The molecule has 0 aromatic heterocycles. The molecule has 0 aromatic rings. The smallest absolute Gasteiger partial charge is 0.0309 e. The Labute approximate surface area is 38.7 Å². The van der Waals surface area contributed by atoms with Gasteiger partial charge in [0.1, 0.15) is 0 Å². The molecule has 2 N–H and O–H groups in total. The van der Waals surface area contributed by atoms with E-state index in [1.165, 1.54) is 0 Å². The monoisotopic (exact) mass is 87.1 g/mol. The molecule has 0 heterocycles. The first-order valence-corrected chi connectivity index (χ1v) is 2.13. The van der Waals surface area contributed by atoms with Crippen molar-refractivity contribution in [3.8, 4) is 0 Å². The molecule has 0 rings (SSSR count). The summed E-state index contributed by atoms with van der Waals surface area (Å²) >= 11 is 0. The molecule has 0 amide bonds. The first kappa shape index (κ1) is 5.92. The van der Waals surface area contributed by atoms with Gasteiger partial charge in [-0.05, 0) is 14.0 Å². The second kappa shape index (κ2) is 3.12. The topological polar surface area (TPSA) is 35.8 Å². The van der Waals surface area contributed by atoms with E-state index >= 15 is 0 Å². The summed E-state index contributed by atoms with van der Waals surface area (Å²) in [6, 6.07) is 0.0370. The van der Waals surface area contributed by atoms with Crippen LogP contribution in [0.1, 0.15) is 6.92 Å². The molecule has 0 spiro atoms. The van der Waals surface area contributed by atoms with Crippen molar-refractivity contribution in [2.75, 3.05) is 13.6 Å². The predicted octanol–water partition coefficient (Wildman–Crippen LogP) is -0.123. The van der Waals surface area contributed by atoms with Crippen molar-refractivity contribution < 1.29 is 0 Å². The van der Waals surface area contributed by atoms with Gasteiger partial charge in [0.2, 0.25) is 0 Å². The van der Waals surface area contributed by atoms with Crippen LogP contribution in [0.2, 0.25) is 0 Å². The highest BCUT2D eigenvalue weighted by Gasteiger charge is 1.85. The Morgan fingerprint density at radius 2 is 2.33 bits per heavy atom. The Bertz CT molecular complexity index is 26.7. The number of nitrogens with one attached hydrogen (secondary N) is 2. The third-order valence-electron chi connectivity index (χ3n) is 0.510. The van der Waals surface area contributed by atoms with E-state index in [1.807, 2.05) is 14.0 Å². The summed E-state index contributed by atoms with van der Waals surface area (Å²) in [6.45, 7) is 2.65. The van der Waals surface area contributed by atoms with E-state index in [-0.39, 0.29) is 6.04 Å². The molecule has 2 nitrogen and oxygen atoms in total. The minimum absolute atomic E-state index is 0.0370. The summed E-state index contributed by atoms with van der Waals surface area (Å²) in [5, 5.41) is 2.88. The lowest BCUT2D eigenvalue weighted by Gasteiger charge is -1.97. The molecule has 0 saturated carbocycles. The average Bonchev–Trinajstić information content (AvgIpc) is 1.35. The molecule has 1 atom stereocenters. The third kappa shape index (κ3) is 3.92. The molecular formula is C4H11N2. The van der Waals surface area contributed by atoms with Gasteiger partial charge in [-0.15, -0.1) is 0 Å². The highest BCUT2D eigenvalue weighted by Crippen LogP contribution is 1.67. The summed E-state index contributed by atoms with van der Waals surface area (Å²) in [6.07, 6.45) is 0. The second-order valence-corrected chi connectivity index (χ2v) is 1.46. The maximum absolute atomic E-state index is 6.92. The van der Waals surface area contributed by atoms with Crippen LogP contribution in [0.4, 0.5) is 0 Å². The van der Waals surface area contributed by atoms with E-state index < -0.39 is 0 Å². The predicted molar refractivity (Wildman–Crippen MR) is 26.5 cm³/mol. The van der Waals surface area contributed by atoms with Crippen molar-refractivity contribution in [3.63, 3.8) is 0 Å². The Morgan fingerprint density at radius 3 is 2.33 bits per heavy atom. The molecular weight excluding hydrogens is 76.1 g/mol. The number of rotatable bonds is 2. The lowest BCUT2D eigenvalue weighted by Crippen LogP contribution is -2.21. The van der Waals surface area contributed by atoms with Crippen molar-refractivity contribution in [2.45, 2.75) is 13.0 Å². The number of hydrogen-bond acceptors (Lipinski definition) is 1. The molecule has 0 aliphatic carbocycles. The van der Waals surface area contributed by atoms with Gasteiger partial charge in [-0.25, -0.2) is 0 Å². The molecule has 6 heavy (non-hydrogen) atoms. The Hall–Kier alpha value is -0.0800. The SMILES string of the molecule is CNCC(C)[NH]. The zero-order valence-corrected chi connectivity index (χ0v) is 4.28. The number of likely N-dealkylation sites (N-methyl/N-ethyl adjacent to an activating group) is 1. The van der Waals surface area contributed by atoms with E-state index in [0.717, 1.165) is 6.54 Å². The molecule has 0 aromatic carbocycles. The van der Waals surface area contributed by atoms with E-state index in [1.54, 1.807) is 0 Å². The van der Waals surface area contributed by atoms with Crippen molar-refractivity contribution in [3.05, 3.63) is 0 Å². The third-order valence-corrected chi connectivity index (χ3v) is 0.510. The summed E-state index contributed by atoms with van der Waals surface area (Å²) in [5.74, 6) is 0. The Morgan fingerprint density at radius 1 is 1.83 bits per heavy atom. The minimum Gasteiger partial charge on any atom is -0.318 e. The molecule has 0 bridgehead atoms. The molecule has 1 unspecified atom stereocenters. The summed E-state index contributed by atoms with van der Waals surface area (Å²) in [4.78, 5) is 0. The second-order valence-electron chi connectivity index (χ2n) is 1.46. The van der Waals surface area contributed by atoms with Crippen LogP contribution >= 0.6 is 0 Å². The normalized spacial score (nSPS) is 14.5. The van der Waals surface area contributed by atoms with Crippen molar-refractivity contribution >= 4 is 0 Å². The average molecular weight is 87.1 g/mol. The van der Waals surface area contributed by atoms with Crippen LogP contribution in [-0.2, 0) is 0 Å². The molecule has 2 heteroatoms. The maximum atomic E-state index is 6.92. The molecule has 37 valence electrons. The van der Waals surface area contributed by atoms with Crippen LogP contribution in [-0.4, -0.2) is 19.6 Å². The van der Waals surface area contributed by atoms with Gasteiger partial charge in [-0.3, -0.25) is 5.73 Å². The first-order chi connectivity index (χ1) is 2.77. The zero-order chi connectivity index (χ0) is 4.99. The Balaban J connectivity index is 2.63. The van der Waals surface area contributed by atoms with Crippen LogP contribution in [0.3, 0.4) is 0 Å². The van der Waals surface area contributed by atoms with Crippen LogP contribution in [0.15, 0.2) is 0 Å². The van der Waals surface area contributed by atoms with Crippen LogP contribution in [0.25, 0.3) is 0 Å². The summed E-state index contributed by atoms with van der Waals surface area (Å²) in [7, 11) is 1.85. The van der Waals surface area contributed by atoms with Crippen LogP contribution < -0.4 is 11.1 Å². The number of hydrogen-bond donors (Lipinski definition) is 1. The molecule has 0 saturated heterocycles. The fourth-order valence-corrected chi connectivity index (χ4v) is 0.306. The van der Waals surface area contributed by atoms with E-state index in [9.17, 15) is 0 Å².